The molecule has 0 aliphatic carbocycles. The lowest BCUT2D eigenvalue weighted by Gasteiger charge is -2.07. The summed E-state index contributed by atoms with van der Waals surface area (Å²) >= 11 is 3.29. The summed E-state index contributed by atoms with van der Waals surface area (Å²) in [5, 5.41) is 24.5. The van der Waals surface area contributed by atoms with E-state index in [1.807, 2.05) is 6.07 Å². The van der Waals surface area contributed by atoms with Crippen LogP contribution in [0.25, 0.3) is 0 Å². The predicted molar refractivity (Wildman–Crippen MR) is 77.2 cm³/mol. The van der Waals surface area contributed by atoms with Crippen molar-refractivity contribution in [2.45, 2.75) is 0 Å². The van der Waals surface area contributed by atoms with Gasteiger partial charge in [0.05, 0.1) is 15.9 Å². The van der Waals surface area contributed by atoms with Gasteiger partial charge in [-0.1, -0.05) is 22.0 Å². The fourth-order valence-electron chi connectivity index (χ4n) is 1.61. The Balaban J connectivity index is 2.41. The third-order valence-corrected chi connectivity index (χ3v) is 2.99. The highest BCUT2D eigenvalue weighted by Crippen LogP contribution is 2.31. The van der Waals surface area contributed by atoms with Gasteiger partial charge in [0.15, 0.2) is 0 Å². The van der Waals surface area contributed by atoms with Crippen LogP contribution < -0.4 is 5.32 Å². The van der Waals surface area contributed by atoms with Crippen molar-refractivity contribution < 1.29 is 9.85 Å². The molecule has 0 aliphatic rings. The van der Waals surface area contributed by atoms with E-state index in [0.717, 1.165) is 10.5 Å². The molecular formula is C12H8BrN3O4. The van der Waals surface area contributed by atoms with Gasteiger partial charge in [-0.2, -0.15) is 0 Å². The average molecular weight is 338 g/mol. The van der Waals surface area contributed by atoms with Gasteiger partial charge in [-0.3, -0.25) is 20.2 Å². The van der Waals surface area contributed by atoms with Gasteiger partial charge in [0.2, 0.25) is 0 Å². The maximum Gasteiger partial charge on any atom is 0.299 e. The van der Waals surface area contributed by atoms with E-state index >= 15 is 0 Å². The van der Waals surface area contributed by atoms with Gasteiger partial charge in [-0.15, -0.1) is 0 Å². The van der Waals surface area contributed by atoms with Crippen molar-refractivity contribution in [2.24, 2.45) is 0 Å². The van der Waals surface area contributed by atoms with Gasteiger partial charge >= 0.3 is 0 Å². The maximum absolute atomic E-state index is 11.0. The number of hydrogen-bond donors (Lipinski definition) is 1. The van der Waals surface area contributed by atoms with E-state index in [4.69, 9.17) is 0 Å². The number of halogens is 1. The molecule has 0 heterocycles. The standard InChI is InChI=1S/C12H8BrN3O4/c13-8-2-1-3-9(6-8)14-11-5-4-10(15(17)18)7-12(11)16(19)20/h1-7,14H. The van der Waals surface area contributed by atoms with Crippen molar-refractivity contribution in [3.05, 3.63) is 67.2 Å². The van der Waals surface area contributed by atoms with Crippen molar-refractivity contribution in [1.29, 1.82) is 0 Å². The molecule has 0 unspecified atom stereocenters. The Morgan fingerprint density at radius 2 is 1.75 bits per heavy atom. The predicted octanol–water partition coefficient (Wildman–Crippen LogP) is 4.01. The summed E-state index contributed by atoms with van der Waals surface area (Å²) in [5.41, 5.74) is 0.158. The van der Waals surface area contributed by atoms with Gasteiger partial charge in [0.25, 0.3) is 11.4 Å². The highest BCUT2D eigenvalue weighted by molar-refractivity contribution is 9.10. The van der Waals surface area contributed by atoms with Crippen LogP contribution in [0.4, 0.5) is 22.7 Å². The first-order valence-corrected chi connectivity index (χ1v) is 6.22. The van der Waals surface area contributed by atoms with Crippen molar-refractivity contribution >= 4 is 38.7 Å². The fraction of sp³-hybridized carbons (Fsp3) is 0. The second-order valence-electron chi connectivity index (χ2n) is 3.85. The van der Waals surface area contributed by atoms with E-state index in [2.05, 4.69) is 21.2 Å². The number of benzene rings is 2. The van der Waals surface area contributed by atoms with E-state index in [1.54, 1.807) is 18.2 Å². The number of hydrogen-bond acceptors (Lipinski definition) is 5. The lowest BCUT2D eigenvalue weighted by molar-refractivity contribution is -0.393. The second kappa shape index (κ2) is 5.66. The molecule has 0 aromatic heterocycles. The first-order chi connectivity index (χ1) is 9.47. The molecular weight excluding hydrogens is 330 g/mol. The minimum Gasteiger partial charge on any atom is -0.350 e. The highest BCUT2D eigenvalue weighted by atomic mass is 79.9. The Kier molecular flexibility index (Phi) is 3.94. The van der Waals surface area contributed by atoms with Crippen LogP contribution in [-0.4, -0.2) is 9.85 Å². The lowest BCUT2D eigenvalue weighted by atomic mass is 10.2. The molecule has 0 amide bonds. The van der Waals surface area contributed by atoms with Gasteiger partial charge in [-0.05, 0) is 24.3 Å². The Hall–Kier alpha value is -2.48. The Bertz CT molecular complexity index is 690. The number of anilines is 2. The number of nitro benzene ring substituents is 2. The van der Waals surface area contributed by atoms with Crippen LogP contribution in [-0.2, 0) is 0 Å². The van der Waals surface area contributed by atoms with Crippen LogP contribution in [0.5, 0.6) is 0 Å². The molecule has 0 saturated carbocycles. The number of non-ortho nitro benzene ring substituents is 1. The zero-order valence-corrected chi connectivity index (χ0v) is 11.5. The van der Waals surface area contributed by atoms with Crippen LogP contribution in [0.3, 0.4) is 0 Å². The maximum atomic E-state index is 11.0. The summed E-state index contributed by atoms with van der Waals surface area (Å²) in [6.07, 6.45) is 0. The minimum absolute atomic E-state index is 0.193. The SMILES string of the molecule is O=[N+]([O-])c1ccc(Nc2cccc(Br)c2)c([N+](=O)[O-])c1. The van der Waals surface area contributed by atoms with E-state index in [0.29, 0.717) is 5.69 Å². The molecule has 2 rings (SSSR count). The van der Waals surface area contributed by atoms with Crippen LogP contribution in [0.1, 0.15) is 0 Å². The van der Waals surface area contributed by atoms with Crippen LogP contribution in [0, 0.1) is 20.2 Å². The molecule has 0 bridgehead atoms. The Morgan fingerprint density at radius 1 is 1.00 bits per heavy atom. The molecule has 0 saturated heterocycles. The van der Waals surface area contributed by atoms with Crippen molar-refractivity contribution in [1.82, 2.24) is 0 Å². The van der Waals surface area contributed by atoms with E-state index in [-0.39, 0.29) is 17.1 Å². The quantitative estimate of drug-likeness (QED) is 0.671. The minimum atomic E-state index is -0.671. The van der Waals surface area contributed by atoms with Crippen LogP contribution in [0.2, 0.25) is 0 Å². The zero-order valence-electron chi connectivity index (χ0n) is 9.95. The topological polar surface area (TPSA) is 98.3 Å². The molecule has 0 radical (unpaired) electrons. The van der Waals surface area contributed by atoms with E-state index < -0.39 is 9.85 Å². The molecule has 0 fully saturated rings. The third kappa shape index (κ3) is 3.09. The monoisotopic (exact) mass is 337 g/mol. The lowest BCUT2D eigenvalue weighted by Crippen LogP contribution is -1.98. The molecule has 2 aromatic carbocycles. The largest absolute Gasteiger partial charge is 0.350 e. The zero-order chi connectivity index (χ0) is 14.7. The number of nitrogens with one attached hydrogen (secondary N) is 1. The summed E-state index contributed by atoms with van der Waals surface area (Å²) in [4.78, 5) is 20.3. The fourth-order valence-corrected chi connectivity index (χ4v) is 2.01. The number of nitro groups is 2. The normalized spacial score (nSPS) is 10.1. The average Bonchev–Trinajstić information content (AvgIpc) is 2.38. The molecule has 7 nitrogen and oxygen atoms in total. The van der Waals surface area contributed by atoms with Gasteiger partial charge < -0.3 is 5.32 Å². The smallest absolute Gasteiger partial charge is 0.299 e. The molecule has 0 aliphatic heterocycles. The molecule has 0 atom stereocenters. The summed E-state index contributed by atoms with van der Waals surface area (Å²) in [6.45, 7) is 0. The summed E-state index contributed by atoms with van der Waals surface area (Å²) in [5.74, 6) is 0. The second-order valence-corrected chi connectivity index (χ2v) is 4.77. The van der Waals surface area contributed by atoms with Crippen molar-refractivity contribution in [3.8, 4) is 0 Å². The van der Waals surface area contributed by atoms with Crippen LogP contribution in [0.15, 0.2) is 46.9 Å². The van der Waals surface area contributed by atoms with Crippen molar-refractivity contribution in [2.75, 3.05) is 5.32 Å². The summed E-state index contributed by atoms with van der Waals surface area (Å²) in [7, 11) is 0. The molecule has 1 N–H and O–H groups in total. The van der Waals surface area contributed by atoms with Gasteiger partial charge in [0, 0.05) is 16.2 Å². The molecule has 8 heteroatoms. The third-order valence-electron chi connectivity index (χ3n) is 2.49. The van der Waals surface area contributed by atoms with Gasteiger partial charge in [0.1, 0.15) is 5.69 Å². The van der Waals surface area contributed by atoms with E-state index in [1.165, 1.54) is 12.1 Å². The highest BCUT2D eigenvalue weighted by Gasteiger charge is 2.19. The van der Waals surface area contributed by atoms with Gasteiger partial charge in [-0.25, -0.2) is 0 Å². The summed E-state index contributed by atoms with van der Waals surface area (Å²) in [6, 6.07) is 10.5. The molecule has 20 heavy (non-hydrogen) atoms. The van der Waals surface area contributed by atoms with E-state index in [9.17, 15) is 20.2 Å². The molecule has 2 aromatic rings. The molecule has 102 valence electrons. The molecule has 0 spiro atoms. The number of nitrogens with zero attached hydrogens (tertiary/aromatic N) is 2. The summed E-state index contributed by atoms with van der Waals surface area (Å²) < 4.78 is 0.812. The Morgan fingerprint density at radius 3 is 2.35 bits per heavy atom. The first kappa shape index (κ1) is 13.9. The Labute approximate surface area is 121 Å². The van der Waals surface area contributed by atoms with Crippen molar-refractivity contribution in [3.63, 3.8) is 0 Å². The first-order valence-electron chi connectivity index (χ1n) is 5.43. The number of rotatable bonds is 4. The van der Waals surface area contributed by atoms with Crippen LogP contribution >= 0.6 is 15.9 Å².